The molecule has 0 aromatic heterocycles. The van der Waals surface area contributed by atoms with E-state index in [-0.39, 0.29) is 11.3 Å². The molecule has 78 valence electrons. The molecule has 0 unspecified atom stereocenters. The highest BCUT2D eigenvalue weighted by Gasteiger charge is 2.34. The van der Waals surface area contributed by atoms with E-state index in [1.165, 1.54) is 6.07 Å². The second-order valence-electron chi connectivity index (χ2n) is 2.61. The van der Waals surface area contributed by atoms with E-state index < -0.39 is 11.7 Å². The monoisotopic (exact) mass is 213 g/mol. The average molecular weight is 213 g/mol. The van der Waals surface area contributed by atoms with Gasteiger partial charge in [0.1, 0.15) is 5.75 Å². The van der Waals surface area contributed by atoms with Crippen LogP contribution in [0.3, 0.4) is 0 Å². The standard InChI is InChI=1S/C10H6F3NO/c1-2-15-9-4-3-7(6-14)5-8(9)10(11,12)13/h2-5H,1H2. The quantitative estimate of drug-likeness (QED) is 0.707. The molecule has 0 fully saturated rings. The van der Waals surface area contributed by atoms with E-state index in [1.54, 1.807) is 6.07 Å². The van der Waals surface area contributed by atoms with Gasteiger partial charge in [0.25, 0.3) is 0 Å². The predicted octanol–water partition coefficient (Wildman–Crippen LogP) is 3.10. The van der Waals surface area contributed by atoms with Crippen molar-refractivity contribution in [2.45, 2.75) is 6.18 Å². The van der Waals surface area contributed by atoms with Gasteiger partial charge in [-0.3, -0.25) is 0 Å². The lowest BCUT2D eigenvalue weighted by atomic mass is 10.1. The number of benzene rings is 1. The molecule has 0 N–H and O–H groups in total. The molecule has 0 saturated heterocycles. The molecule has 0 saturated carbocycles. The summed E-state index contributed by atoms with van der Waals surface area (Å²) in [6, 6.07) is 4.69. The summed E-state index contributed by atoms with van der Waals surface area (Å²) >= 11 is 0. The summed E-state index contributed by atoms with van der Waals surface area (Å²) in [4.78, 5) is 0. The van der Waals surface area contributed by atoms with Crippen LogP contribution >= 0.6 is 0 Å². The van der Waals surface area contributed by atoms with Crippen LogP contribution in [-0.2, 0) is 6.18 Å². The Bertz CT molecular complexity index is 418. The zero-order valence-corrected chi connectivity index (χ0v) is 7.51. The first-order valence-corrected chi connectivity index (χ1v) is 3.88. The summed E-state index contributed by atoms with van der Waals surface area (Å²) in [7, 11) is 0. The molecule has 0 bridgehead atoms. The van der Waals surface area contributed by atoms with Crippen LogP contribution in [0, 0.1) is 11.3 Å². The first-order chi connectivity index (χ1) is 6.99. The molecule has 0 aliphatic carbocycles. The minimum Gasteiger partial charge on any atom is -0.465 e. The Morgan fingerprint density at radius 3 is 2.53 bits per heavy atom. The van der Waals surface area contributed by atoms with Crippen LogP contribution in [0.4, 0.5) is 13.2 Å². The molecular weight excluding hydrogens is 207 g/mol. The molecule has 0 aliphatic rings. The predicted molar refractivity (Wildman–Crippen MR) is 47.0 cm³/mol. The Balaban J connectivity index is 3.30. The number of ether oxygens (including phenoxy) is 1. The lowest BCUT2D eigenvalue weighted by Gasteiger charge is -2.11. The fourth-order valence-corrected chi connectivity index (χ4v) is 1.01. The normalized spacial score (nSPS) is 10.5. The van der Waals surface area contributed by atoms with Gasteiger partial charge in [-0.25, -0.2) is 0 Å². The molecule has 0 heterocycles. The smallest absolute Gasteiger partial charge is 0.420 e. The molecule has 0 atom stereocenters. The van der Waals surface area contributed by atoms with Crippen LogP contribution in [0.25, 0.3) is 0 Å². The molecule has 1 aromatic rings. The minimum absolute atomic E-state index is 0.0706. The van der Waals surface area contributed by atoms with Gasteiger partial charge in [-0.15, -0.1) is 0 Å². The van der Waals surface area contributed by atoms with Crippen molar-refractivity contribution in [1.82, 2.24) is 0 Å². The van der Waals surface area contributed by atoms with Crippen LogP contribution in [0.15, 0.2) is 31.0 Å². The Morgan fingerprint density at radius 2 is 2.07 bits per heavy atom. The van der Waals surface area contributed by atoms with E-state index in [0.29, 0.717) is 0 Å². The van der Waals surface area contributed by atoms with Crippen LogP contribution in [0.1, 0.15) is 11.1 Å². The van der Waals surface area contributed by atoms with Gasteiger partial charge in [0, 0.05) is 0 Å². The largest absolute Gasteiger partial charge is 0.465 e. The number of hydrogen-bond acceptors (Lipinski definition) is 2. The summed E-state index contributed by atoms with van der Waals surface area (Å²) in [6.07, 6.45) is -3.65. The van der Waals surface area contributed by atoms with Crippen LogP contribution in [-0.4, -0.2) is 0 Å². The van der Waals surface area contributed by atoms with Gasteiger partial charge in [0.2, 0.25) is 0 Å². The maximum Gasteiger partial charge on any atom is 0.420 e. The number of rotatable bonds is 2. The summed E-state index contributed by atoms with van der Waals surface area (Å²) in [6.45, 7) is 3.17. The SMILES string of the molecule is C=COc1ccc(C#N)cc1C(F)(F)F. The fourth-order valence-electron chi connectivity index (χ4n) is 1.01. The molecule has 0 spiro atoms. The molecule has 0 amide bonds. The highest BCUT2D eigenvalue weighted by molar-refractivity contribution is 5.43. The molecule has 0 aliphatic heterocycles. The number of alkyl halides is 3. The van der Waals surface area contributed by atoms with Crippen molar-refractivity contribution in [3.63, 3.8) is 0 Å². The summed E-state index contributed by atoms with van der Waals surface area (Å²) in [5.74, 6) is -0.364. The van der Waals surface area contributed by atoms with E-state index in [2.05, 4.69) is 11.3 Å². The fraction of sp³-hybridized carbons (Fsp3) is 0.100. The summed E-state index contributed by atoms with van der Waals surface area (Å²) < 4.78 is 42.0. The first kappa shape index (κ1) is 11.1. The van der Waals surface area contributed by atoms with Crippen LogP contribution in [0.5, 0.6) is 5.75 Å². The van der Waals surface area contributed by atoms with Crippen molar-refractivity contribution in [3.8, 4) is 11.8 Å². The lowest BCUT2D eigenvalue weighted by Crippen LogP contribution is -2.07. The third-order valence-electron chi connectivity index (χ3n) is 1.62. The summed E-state index contributed by atoms with van der Waals surface area (Å²) in [5, 5.41) is 8.47. The number of nitrogens with zero attached hydrogens (tertiary/aromatic N) is 1. The van der Waals surface area contributed by atoms with Gasteiger partial charge in [-0.1, -0.05) is 6.58 Å². The van der Waals surface area contributed by atoms with E-state index in [1.807, 2.05) is 0 Å². The third kappa shape index (κ3) is 2.50. The van der Waals surface area contributed by atoms with Gasteiger partial charge in [0.05, 0.1) is 23.5 Å². The average Bonchev–Trinajstić information content (AvgIpc) is 2.17. The zero-order valence-electron chi connectivity index (χ0n) is 7.51. The molecular formula is C10H6F3NO. The molecule has 5 heteroatoms. The summed E-state index contributed by atoms with van der Waals surface area (Å²) in [5.41, 5.74) is -1.06. The Labute approximate surface area is 84.2 Å². The van der Waals surface area contributed by atoms with Crippen molar-refractivity contribution in [2.75, 3.05) is 0 Å². The van der Waals surface area contributed by atoms with Gasteiger partial charge in [-0.2, -0.15) is 18.4 Å². The molecule has 0 radical (unpaired) electrons. The second kappa shape index (κ2) is 4.05. The van der Waals surface area contributed by atoms with Crippen LogP contribution in [0.2, 0.25) is 0 Å². The van der Waals surface area contributed by atoms with Gasteiger partial charge >= 0.3 is 6.18 Å². The first-order valence-electron chi connectivity index (χ1n) is 3.88. The second-order valence-corrected chi connectivity index (χ2v) is 2.61. The van der Waals surface area contributed by atoms with E-state index in [4.69, 9.17) is 5.26 Å². The maximum absolute atomic E-state index is 12.5. The van der Waals surface area contributed by atoms with E-state index >= 15 is 0 Å². The van der Waals surface area contributed by atoms with Crippen molar-refractivity contribution < 1.29 is 17.9 Å². The zero-order chi connectivity index (χ0) is 11.5. The number of halogens is 3. The number of nitriles is 1. The van der Waals surface area contributed by atoms with Crippen molar-refractivity contribution in [2.24, 2.45) is 0 Å². The highest BCUT2D eigenvalue weighted by atomic mass is 19.4. The molecule has 15 heavy (non-hydrogen) atoms. The molecule has 1 aromatic carbocycles. The van der Waals surface area contributed by atoms with Crippen molar-refractivity contribution >= 4 is 0 Å². The molecule has 1 rings (SSSR count). The Kier molecular flexibility index (Phi) is 3.00. The lowest BCUT2D eigenvalue weighted by molar-refractivity contribution is -0.138. The Hall–Kier alpha value is -1.96. The van der Waals surface area contributed by atoms with Gasteiger partial charge in [-0.05, 0) is 18.2 Å². The number of hydrogen-bond donors (Lipinski definition) is 0. The van der Waals surface area contributed by atoms with E-state index in [9.17, 15) is 13.2 Å². The van der Waals surface area contributed by atoms with Crippen molar-refractivity contribution in [3.05, 3.63) is 42.2 Å². The van der Waals surface area contributed by atoms with Crippen LogP contribution < -0.4 is 4.74 Å². The van der Waals surface area contributed by atoms with Crippen molar-refractivity contribution in [1.29, 1.82) is 5.26 Å². The maximum atomic E-state index is 12.5. The Morgan fingerprint density at radius 1 is 1.40 bits per heavy atom. The van der Waals surface area contributed by atoms with Gasteiger partial charge in [0.15, 0.2) is 0 Å². The topological polar surface area (TPSA) is 33.0 Å². The van der Waals surface area contributed by atoms with E-state index in [0.717, 1.165) is 18.4 Å². The highest BCUT2D eigenvalue weighted by Crippen LogP contribution is 2.36. The molecule has 2 nitrogen and oxygen atoms in total. The van der Waals surface area contributed by atoms with Gasteiger partial charge < -0.3 is 4.74 Å². The third-order valence-corrected chi connectivity index (χ3v) is 1.62. The minimum atomic E-state index is -4.55.